The van der Waals surface area contributed by atoms with Gasteiger partial charge in [0, 0.05) is 30.3 Å². The van der Waals surface area contributed by atoms with E-state index in [9.17, 15) is 0 Å². The molecule has 2 aromatic rings. The molecular weight excluding hydrogens is 470 g/mol. The van der Waals surface area contributed by atoms with E-state index in [2.05, 4.69) is 29.1 Å². The van der Waals surface area contributed by atoms with Crippen molar-refractivity contribution in [3.05, 3.63) is 63.9 Å². The monoisotopic (exact) mass is 492 g/mol. The molecule has 0 radical (unpaired) electrons. The average Bonchev–Trinajstić information content (AvgIpc) is 2.56. The summed E-state index contributed by atoms with van der Waals surface area (Å²) in [5, 5.41) is 4.22. The fraction of sp³-hybridized carbons (Fsp3) is 0.333. The van der Waals surface area contributed by atoms with Gasteiger partial charge in [-0.3, -0.25) is 9.98 Å². The van der Waals surface area contributed by atoms with Crippen LogP contribution in [0.2, 0.25) is 10.0 Å². The number of benzene rings is 1. The van der Waals surface area contributed by atoms with E-state index in [1.54, 1.807) is 12.3 Å². The highest BCUT2D eigenvalue weighted by atomic mass is 127. The van der Waals surface area contributed by atoms with Crippen LogP contribution < -0.4 is 11.1 Å². The van der Waals surface area contributed by atoms with Crippen LogP contribution in [0.4, 0.5) is 0 Å². The van der Waals surface area contributed by atoms with Gasteiger partial charge < -0.3 is 11.1 Å². The standard InChI is InChI=1S/C18H22Cl2N4.HI/c1-18(2,13-6-7-15(19)16(20)11-13)12-24-17(21)23-10-8-14-5-3-4-9-22-14;/h3-7,9,11H,8,10,12H2,1-2H3,(H3,21,23,24);1H. The lowest BCUT2D eigenvalue weighted by Gasteiger charge is -2.23. The van der Waals surface area contributed by atoms with Crippen LogP contribution in [0.3, 0.4) is 0 Å². The van der Waals surface area contributed by atoms with E-state index in [-0.39, 0.29) is 29.4 Å². The summed E-state index contributed by atoms with van der Waals surface area (Å²) in [4.78, 5) is 8.71. The minimum atomic E-state index is -0.193. The Morgan fingerprint density at radius 3 is 2.60 bits per heavy atom. The van der Waals surface area contributed by atoms with Gasteiger partial charge in [0.25, 0.3) is 0 Å². The summed E-state index contributed by atoms with van der Waals surface area (Å²) in [6.45, 7) is 5.43. The second-order valence-corrected chi connectivity index (χ2v) is 7.03. The molecular formula is C18H23Cl2IN4. The lowest BCUT2D eigenvalue weighted by atomic mass is 9.85. The van der Waals surface area contributed by atoms with E-state index in [1.165, 1.54) is 0 Å². The Hall–Kier alpha value is -1.05. The summed E-state index contributed by atoms with van der Waals surface area (Å²) in [5.41, 5.74) is 7.85. The predicted molar refractivity (Wildman–Crippen MR) is 117 cm³/mol. The van der Waals surface area contributed by atoms with Gasteiger partial charge in [-0.15, -0.1) is 24.0 Å². The van der Waals surface area contributed by atoms with Crippen LogP contribution in [0.25, 0.3) is 0 Å². The van der Waals surface area contributed by atoms with Crippen LogP contribution >= 0.6 is 47.2 Å². The van der Waals surface area contributed by atoms with Crippen molar-refractivity contribution < 1.29 is 0 Å². The third-order valence-corrected chi connectivity index (χ3v) is 4.50. The Kier molecular flexibility index (Phi) is 8.96. The van der Waals surface area contributed by atoms with Crippen LogP contribution in [0.1, 0.15) is 25.1 Å². The third-order valence-electron chi connectivity index (χ3n) is 3.76. The van der Waals surface area contributed by atoms with Crippen LogP contribution in [-0.4, -0.2) is 24.0 Å². The molecule has 0 aliphatic rings. The van der Waals surface area contributed by atoms with Crippen molar-refractivity contribution in [1.29, 1.82) is 0 Å². The van der Waals surface area contributed by atoms with Gasteiger partial charge in [-0.25, -0.2) is 0 Å². The zero-order valence-electron chi connectivity index (χ0n) is 14.3. The highest BCUT2D eigenvalue weighted by Gasteiger charge is 2.21. The molecule has 0 atom stereocenters. The van der Waals surface area contributed by atoms with Crippen molar-refractivity contribution >= 4 is 53.1 Å². The maximum Gasteiger partial charge on any atom is 0.188 e. The molecule has 7 heteroatoms. The first-order chi connectivity index (χ1) is 11.4. The van der Waals surface area contributed by atoms with Crippen molar-refractivity contribution in [2.24, 2.45) is 10.7 Å². The van der Waals surface area contributed by atoms with E-state index in [1.807, 2.05) is 30.3 Å². The van der Waals surface area contributed by atoms with E-state index in [0.29, 0.717) is 29.1 Å². The highest BCUT2D eigenvalue weighted by molar-refractivity contribution is 14.0. The summed E-state index contributed by atoms with van der Waals surface area (Å²) in [6, 6.07) is 11.5. The normalized spacial score (nSPS) is 11.8. The number of aliphatic imine (C=N–C) groups is 1. The summed E-state index contributed by atoms with van der Waals surface area (Å²) >= 11 is 12.1. The first-order valence-corrected chi connectivity index (χ1v) is 8.53. The van der Waals surface area contributed by atoms with Gasteiger partial charge in [-0.2, -0.15) is 0 Å². The summed E-state index contributed by atoms with van der Waals surface area (Å²) < 4.78 is 0. The molecule has 4 nitrogen and oxygen atoms in total. The Balaban J connectivity index is 0.00000312. The molecule has 0 amide bonds. The smallest absolute Gasteiger partial charge is 0.188 e. The topological polar surface area (TPSA) is 63.3 Å². The van der Waals surface area contributed by atoms with Gasteiger partial charge in [0.15, 0.2) is 5.96 Å². The van der Waals surface area contributed by atoms with Gasteiger partial charge in [0.05, 0.1) is 16.6 Å². The Bertz CT molecular complexity index is 705. The molecule has 1 aromatic heterocycles. The van der Waals surface area contributed by atoms with Crippen LogP contribution in [0.5, 0.6) is 0 Å². The predicted octanol–water partition coefficient (Wildman–Crippen LogP) is 4.43. The van der Waals surface area contributed by atoms with Crippen LogP contribution in [0.15, 0.2) is 47.6 Å². The average molecular weight is 493 g/mol. The molecule has 2 rings (SSSR count). The number of hydrogen-bond donors (Lipinski definition) is 2. The van der Waals surface area contributed by atoms with Gasteiger partial charge in [-0.1, -0.05) is 49.2 Å². The molecule has 25 heavy (non-hydrogen) atoms. The second kappa shape index (κ2) is 10.2. The van der Waals surface area contributed by atoms with Crippen LogP contribution in [0, 0.1) is 0 Å². The number of nitrogens with zero attached hydrogens (tertiary/aromatic N) is 2. The zero-order chi connectivity index (χ0) is 17.6. The summed E-state index contributed by atoms with van der Waals surface area (Å²) in [6.07, 6.45) is 2.58. The molecule has 0 saturated heterocycles. The summed E-state index contributed by atoms with van der Waals surface area (Å²) in [5.74, 6) is 0.430. The molecule has 0 bridgehead atoms. The molecule has 0 spiro atoms. The lowest BCUT2D eigenvalue weighted by Crippen LogP contribution is -2.35. The number of hydrogen-bond acceptors (Lipinski definition) is 2. The number of halogens is 3. The fourth-order valence-electron chi connectivity index (χ4n) is 2.21. The van der Waals surface area contributed by atoms with Gasteiger partial charge in [-0.05, 0) is 29.8 Å². The van der Waals surface area contributed by atoms with E-state index in [0.717, 1.165) is 17.7 Å². The van der Waals surface area contributed by atoms with E-state index in [4.69, 9.17) is 28.9 Å². The molecule has 0 unspecified atom stereocenters. The molecule has 0 aliphatic heterocycles. The minimum Gasteiger partial charge on any atom is -0.370 e. The number of nitrogens with two attached hydrogens (primary N) is 1. The molecule has 0 fully saturated rings. The maximum atomic E-state index is 6.10. The number of pyridine rings is 1. The third kappa shape index (κ3) is 6.99. The zero-order valence-corrected chi connectivity index (χ0v) is 18.1. The SMILES string of the molecule is CC(C)(CN=C(N)NCCc1ccccn1)c1ccc(Cl)c(Cl)c1.I. The van der Waals surface area contributed by atoms with Crippen molar-refractivity contribution in [3.63, 3.8) is 0 Å². The van der Waals surface area contributed by atoms with Gasteiger partial charge >= 0.3 is 0 Å². The first-order valence-electron chi connectivity index (χ1n) is 7.78. The van der Waals surface area contributed by atoms with Crippen LogP contribution in [-0.2, 0) is 11.8 Å². The second-order valence-electron chi connectivity index (χ2n) is 6.21. The number of nitrogens with one attached hydrogen (secondary N) is 1. The molecule has 0 saturated carbocycles. The number of aromatic nitrogens is 1. The Morgan fingerprint density at radius 2 is 1.96 bits per heavy atom. The first kappa shape index (κ1) is 22.0. The van der Waals surface area contributed by atoms with Crippen molar-refractivity contribution in [1.82, 2.24) is 10.3 Å². The number of rotatable bonds is 6. The molecule has 0 aliphatic carbocycles. The molecule has 136 valence electrons. The lowest BCUT2D eigenvalue weighted by molar-refractivity contribution is 0.539. The van der Waals surface area contributed by atoms with E-state index >= 15 is 0 Å². The van der Waals surface area contributed by atoms with Crippen molar-refractivity contribution in [2.75, 3.05) is 13.1 Å². The van der Waals surface area contributed by atoms with E-state index < -0.39 is 0 Å². The van der Waals surface area contributed by atoms with Gasteiger partial charge in [0.1, 0.15) is 0 Å². The quantitative estimate of drug-likeness (QED) is 0.356. The molecule has 1 heterocycles. The Morgan fingerprint density at radius 1 is 1.20 bits per heavy atom. The largest absolute Gasteiger partial charge is 0.370 e. The maximum absolute atomic E-state index is 6.10. The molecule has 1 aromatic carbocycles. The fourth-order valence-corrected chi connectivity index (χ4v) is 2.51. The summed E-state index contributed by atoms with van der Waals surface area (Å²) in [7, 11) is 0. The Labute approximate surface area is 176 Å². The van der Waals surface area contributed by atoms with Crippen molar-refractivity contribution in [3.8, 4) is 0 Å². The van der Waals surface area contributed by atoms with Crippen molar-refractivity contribution in [2.45, 2.75) is 25.7 Å². The molecule has 3 N–H and O–H groups in total. The van der Waals surface area contributed by atoms with Gasteiger partial charge in [0.2, 0.25) is 0 Å². The number of guanidine groups is 1. The highest BCUT2D eigenvalue weighted by Crippen LogP contribution is 2.30. The minimum absolute atomic E-state index is 0.